The predicted molar refractivity (Wildman–Crippen MR) is 82.5 cm³/mol. The molecular formula is C14H14BrNO3S. The highest BCUT2D eigenvalue weighted by Gasteiger charge is 2.17. The number of rotatable bonds is 4. The van der Waals surface area contributed by atoms with Crippen LogP contribution in [-0.4, -0.2) is 30.1 Å². The second-order valence-electron chi connectivity index (χ2n) is 4.30. The van der Waals surface area contributed by atoms with E-state index in [4.69, 9.17) is 4.74 Å². The molecule has 20 heavy (non-hydrogen) atoms. The monoisotopic (exact) mass is 355 g/mol. The number of ether oxygens (including phenoxy) is 1. The van der Waals surface area contributed by atoms with E-state index in [1.807, 2.05) is 11.4 Å². The molecule has 1 amide bonds. The van der Waals surface area contributed by atoms with Crippen molar-refractivity contribution >= 4 is 33.2 Å². The molecule has 2 aromatic rings. The average Bonchev–Trinajstić information content (AvgIpc) is 2.83. The van der Waals surface area contributed by atoms with Crippen LogP contribution in [0.3, 0.4) is 0 Å². The van der Waals surface area contributed by atoms with Gasteiger partial charge in [0, 0.05) is 19.7 Å². The van der Waals surface area contributed by atoms with Crippen molar-refractivity contribution in [2.45, 2.75) is 6.54 Å². The Balaban J connectivity index is 2.14. The summed E-state index contributed by atoms with van der Waals surface area (Å²) in [5, 5.41) is 11.9. The number of carbonyl (C=O) groups excluding carboxylic acids is 1. The molecule has 0 saturated carbocycles. The van der Waals surface area contributed by atoms with Gasteiger partial charge in [0.1, 0.15) is 11.5 Å². The van der Waals surface area contributed by atoms with Crippen molar-refractivity contribution in [3.05, 3.63) is 44.6 Å². The molecule has 0 unspecified atom stereocenters. The summed E-state index contributed by atoms with van der Waals surface area (Å²) in [7, 11) is 3.22. The molecule has 0 fully saturated rings. The standard InChI is InChI=1S/C14H14BrNO3S/c1-16(7-9-5-13(15)20-8-9)14(18)11-4-3-10(19-2)6-12(11)17/h3-6,8,17H,7H2,1-2H3. The van der Waals surface area contributed by atoms with Gasteiger partial charge < -0.3 is 14.7 Å². The smallest absolute Gasteiger partial charge is 0.257 e. The van der Waals surface area contributed by atoms with Gasteiger partial charge >= 0.3 is 0 Å². The number of nitrogens with zero attached hydrogens (tertiary/aromatic N) is 1. The van der Waals surface area contributed by atoms with Gasteiger partial charge in [-0.25, -0.2) is 0 Å². The fourth-order valence-electron chi connectivity index (χ4n) is 1.80. The molecule has 1 N–H and O–H groups in total. The molecule has 0 bridgehead atoms. The Hall–Kier alpha value is -1.53. The molecule has 0 aliphatic heterocycles. The van der Waals surface area contributed by atoms with Crippen LogP contribution in [0.2, 0.25) is 0 Å². The molecule has 0 radical (unpaired) electrons. The van der Waals surface area contributed by atoms with Gasteiger partial charge in [-0.1, -0.05) is 0 Å². The molecule has 1 aromatic carbocycles. The van der Waals surface area contributed by atoms with E-state index in [1.54, 1.807) is 35.4 Å². The molecule has 0 atom stereocenters. The Kier molecular flexibility index (Phi) is 4.67. The van der Waals surface area contributed by atoms with Crippen LogP contribution in [0.4, 0.5) is 0 Å². The molecule has 0 aliphatic carbocycles. The zero-order valence-electron chi connectivity index (χ0n) is 11.1. The van der Waals surface area contributed by atoms with E-state index < -0.39 is 0 Å². The second kappa shape index (κ2) is 6.28. The number of phenolic OH excluding ortho intramolecular Hbond substituents is 1. The summed E-state index contributed by atoms with van der Waals surface area (Å²) in [6.07, 6.45) is 0. The summed E-state index contributed by atoms with van der Waals surface area (Å²) in [6.45, 7) is 0.492. The minimum Gasteiger partial charge on any atom is -0.507 e. The van der Waals surface area contributed by atoms with Gasteiger partial charge in [0.25, 0.3) is 5.91 Å². The molecule has 6 heteroatoms. The van der Waals surface area contributed by atoms with Crippen molar-refractivity contribution in [1.29, 1.82) is 0 Å². The van der Waals surface area contributed by atoms with Crippen LogP contribution in [0.15, 0.2) is 33.4 Å². The number of aromatic hydroxyl groups is 1. The van der Waals surface area contributed by atoms with Crippen molar-refractivity contribution in [1.82, 2.24) is 4.90 Å². The van der Waals surface area contributed by atoms with Crippen molar-refractivity contribution < 1.29 is 14.6 Å². The fraction of sp³-hybridized carbons (Fsp3) is 0.214. The van der Waals surface area contributed by atoms with E-state index in [0.29, 0.717) is 12.3 Å². The maximum atomic E-state index is 12.3. The molecule has 1 heterocycles. The van der Waals surface area contributed by atoms with Crippen LogP contribution in [0.25, 0.3) is 0 Å². The summed E-state index contributed by atoms with van der Waals surface area (Å²) < 4.78 is 6.03. The molecule has 4 nitrogen and oxygen atoms in total. The van der Waals surface area contributed by atoms with Gasteiger partial charge in [-0.15, -0.1) is 11.3 Å². The third-order valence-corrected chi connectivity index (χ3v) is 4.38. The summed E-state index contributed by atoms with van der Waals surface area (Å²) in [6, 6.07) is 6.63. The molecule has 106 valence electrons. The number of thiophene rings is 1. The average molecular weight is 356 g/mol. The van der Waals surface area contributed by atoms with Crippen LogP contribution >= 0.6 is 27.3 Å². The lowest BCUT2D eigenvalue weighted by Gasteiger charge is -2.17. The van der Waals surface area contributed by atoms with Gasteiger partial charge in [0.15, 0.2) is 0 Å². The van der Waals surface area contributed by atoms with E-state index >= 15 is 0 Å². The minimum atomic E-state index is -0.229. The Labute approximate surface area is 129 Å². The lowest BCUT2D eigenvalue weighted by molar-refractivity contribution is 0.0782. The Morgan fingerprint density at radius 3 is 2.75 bits per heavy atom. The van der Waals surface area contributed by atoms with E-state index in [9.17, 15) is 9.90 Å². The maximum absolute atomic E-state index is 12.3. The summed E-state index contributed by atoms with van der Waals surface area (Å²) in [5.41, 5.74) is 1.31. The number of phenols is 1. The number of carbonyl (C=O) groups is 1. The number of hydrogen-bond donors (Lipinski definition) is 1. The van der Waals surface area contributed by atoms with E-state index in [0.717, 1.165) is 9.35 Å². The van der Waals surface area contributed by atoms with E-state index in [2.05, 4.69) is 15.9 Å². The van der Waals surface area contributed by atoms with Crippen molar-refractivity contribution in [3.8, 4) is 11.5 Å². The van der Waals surface area contributed by atoms with Crippen molar-refractivity contribution in [2.75, 3.05) is 14.2 Å². The summed E-state index contributed by atoms with van der Waals surface area (Å²) in [5.74, 6) is 0.212. The Morgan fingerprint density at radius 1 is 1.45 bits per heavy atom. The van der Waals surface area contributed by atoms with E-state index in [1.165, 1.54) is 13.2 Å². The highest BCUT2D eigenvalue weighted by Crippen LogP contribution is 2.26. The van der Waals surface area contributed by atoms with Crippen LogP contribution in [0, 0.1) is 0 Å². The van der Waals surface area contributed by atoms with Gasteiger partial charge in [0.05, 0.1) is 16.5 Å². The van der Waals surface area contributed by atoms with Crippen LogP contribution in [0.1, 0.15) is 15.9 Å². The Morgan fingerprint density at radius 2 is 2.20 bits per heavy atom. The zero-order chi connectivity index (χ0) is 14.7. The Bertz CT molecular complexity index is 627. The van der Waals surface area contributed by atoms with Crippen LogP contribution in [0.5, 0.6) is 11.5 Å². The first-order valence-corrected chi connectivity index (χ1v) is 7.54. The van der Waals surface area contributed by atoms with Gasteiger partial charge in [-0.3, -0.25) is 4.79 Å². The van der Waals surface area contributed by atoms with Crippen LogP contribution in [-0.2, 0) is 6.54 Å². The summed E-state index contributed by atoms with van der Waals surface area (Å²) >= 11 is 4.97. The van der Waals surface area contributed by atoms with Crippen molar-refractivity contribution in [3.63, 3.8) is 0 Å². The molecular weight excluding hydrogens is 342 g/mol. The highest BCUT2D eigenvalue weighted by molar-refractivity contribution is 9.11. The number of halogens is 1. The molecule has 1 aromatic heterocycles. The normalized spacial score (nSPS) is 10.3. The second-order valence-corrected chi connectivity index (χ2v) is 6.59. The third-order valence-electron chi connectivity index (χ3n) is 2.82. The predicted octanol–water partition coefficient (Wildman–Crippen LogP) is 3.50. The number of hydrogen-bond acceptors (Lipinski definition) is 4. The molecule has 2 rings (SSSR count). The molecule has 0 saturated heterocycles. The van der Waals surface area contributed by atoms with Crippen molar-refractivity contribution in [2.24, 2.45) is 0 Å². The quantitative estimate of drug-likeness (QED) is 0.912. The maximum Gasteiger partial charge on any atom is 0.257 e. The number of benzene rings is 1. The van der Waals surface area contributed by atoms with Gasteiger partial charge in [-0.2, -0.15) is 0 Å². The third kappa shape index (κ3) is 3.32. The lowest BCUT2D eigenvalue weighted by atomic mass is 10.1. The largest absolute Gasteiger partial charge is 0.507 e. The van der Waals surface area contributed by atoms with E-state index in [-0.39, 0.29) is 17.2 Å². The first-order chi connectivity index (χ1) is 9.51. The SMILES string of the molecule is COc1ccc(C(=O)N(C)Cc2csc(Br)c2)c(O)c1. The number of amides is 1. The minimum absolute atomic E-state index is 0.0762. The number of methoxy groups -OCH3 is 1. The highest BCUT2D eigenvalue weighted by atomic mass is 79.9. The topological polar surface area (TPSA) is 49.8 Å². The first kappa shape index (κ1) is 14.9. The fourth-order valence-corrected chi connectivity index (χ4v) is 3.00. The lowest BCUT2D eigenvalue weighted by Crippen LogP contribution is -2.26. The zero-order valence-corrected chi connectivity index (χ0v) is 13.5. The molecule has 0 aliphatic rings. The van der Waals surface area contributed by atoms with Gasteiger partial charge in [0.2, 0.25) is 0 Å². The van der Waals surface area contributed by atoms with Gasteiger partial charge in [-0.05, 0) is 45.1 Å². The molecule has 0 spiro atoms. The van der Waals surface area contributed by atoms with Crippen LogP contribution < -0.4 is 4.74 Å². The summed E-state index contributed by atoms with van der Waals surface area (Å²) in [4.78, 5) is 13.9. The first-order valence-electron chi connectivity index (χ1n) is 5.86.